The number of hydrogen-bond acceptors (Lipinski definition) is 3. The van der Waals surface area contributed by atoms with Crippen LogP contribution in [-0.4, -0.2) is 20.2 Å². The van der Waals surface area contributed by atoms with Crippen molar-refractivity contribution >= 4 is 11.0 Å². The van der Waals surface area contributed by atoms with E-state index in [9.17, 15) is 4.79 Å². The Kier molecular flexibility index (Phi) is 2.26. The first-order chi connectivity index (χ1) is 8.65. The molecule has 5 heteroatoms. The molecule has 90 valence electrons. The van der Waals surface area contributed by atoms with E-state index in [2.05, 4.69) is 26.2 Å². The maximum Gasteiger partial charge on any atom is 0.262 e. The molecular weight excluding hydrogens is 228 g/mol. The number of nitrogens with zero attached hydrogens (tertiary/aromatic N) is 2. The van der Waals surface area contributed by atoms with E-state index in [1.165, 1.54) is 11.8 Å². The van der Waals surface area contributed by atoms with Gasteiger partial charge in [0.25, 0.3) is 5.56 Å². The molecule has 2 aromatic heterocycles. The van der Waals surface area contributed by atoms with Gasteiger partial charge in [0.1, 0.15) is 11.2 Å². The summed E-state index contributed by atoms with van der Waals surface area (Å²) in [5.74, 6) is 0.564. The Hall–Kier alpha value is -2.43. The van der Waals surface area contributed by atoms with Crippen molar-refractivity contribution in [3.05, 3.63) is 45.9 Å². The Morgan fingerprint density at radius 1 is 1.22 bits per heavy atom. The summed E-state index contributed by atoms with van der Waals surface area (Å²) in [6, 6.07) is 6.02. The molecule has 0 unspecified atom stereocenters. The van der Waals surface area contributed by atoms with Crippen LogP contribution >= 0.6 is 0 Å². The van der Waals surface area contributed by atoms with Crippen LogP contribution < -0.4 is 5.56 Å². The molecule has 5 nitrogen and oxygen atoms in total. The molecule has 0 saturated carbocycles. The second-order valence-corrected chi connectivity index (χ2v) is 4.37. The number of H-pyrrole nitrogens is 2. The van der Waals surface area contributed by atoms with E-state index in [4.69, 9.17) is 0 Å². The van der Waals surface area contributed by atoms with E-state index in [0.29, 0.717) is 16.9 Å². The van der Waals surface area contributed by atoms with Crippen molar-refractivity contribution in [1.82, 2.24) is 20.2 Å². The fourth-order valence-electron chi connectivity index (χ4n) is 2.05. The quantitative estimate of drug-likeness (QED) is 0.682. The minimum Gasteiger partial charge on any atom is -0.306 e. The lowest BCUT2D eigenvalue weighted by atomic mass is 10.1. The number of benzene rings is 1. The highest BCUT2D eigenvalue weighted by molar-refractivity contribution is 5.75. The Morgan fingerprint density at radius 3 is 2.83 bits per heavy atom. The molecule has 0 atom stereocenters. The van der Waals surface area contributed by atoms with Crippen LogP contribution in [0.3, 0.4) is 0 Å². The van der Waals surface area contributed by atoms with Crippen LogP contribution in [-0.2, 0) is 0 Å². The van der Waals surface area contributed by atoms with Gasteiger partial charge in [-0.25, -0.2) is 4.98 Å². The molecule has 2 N–H and O–H groups in total. The van der Waals surface area contributed by atoms with Crippen LogP contribution in [0, 0.1) is 13.8 Å². The number of rotatable bonds is 1. The molecule has 3 rings (SSSR count). The van der Waals surface area contributed by atoms with Crippen molar-refractivity contribution in [1.29, 1.82) is 0 Å². The molecule has 0 fully saturated rings. The van der Waals surface area contributed by atoms with Gasteiger partial charge in [0.05, 0.1) is 6.20 Å². The van der Waals surface area contributed by atoms with Crippen molar-refractivity contribution in [3.8, 4) is 11.4 Å². The zero-order valence-electron chi connectivity index (χ0n) is 10.1. The monoisotopic (exact) mass is 240 g/mol. The van der Waals surface area contributed by atoms with Gasteiger partial charge in [0, 0.05) is 5.56 Å². The van der Waals surface area contributed by atoms with E-state index in [1.807, 2.05) is 26.0 Å². The largest absolute Gasteiger partial charge is 0.306 e. The van der Waals surface area contributed by atoms with E-state index in [0.717, 1.165) is 11.1 Å². The van der Waals surface area contributed by atoms with E-state index < -0.39 is 0 Å². The van der Waals surface area contributed by atoms with Gasteiger partial charge in [-0.05, 0) is 19.4 Å². The summed E-state index contributed by atoms with van der Waals surface area (Å²) in [7, 11) is 0. The predicted octanol–water partition coefficient (Wildman–Crippen LogP) is 1.93. The molecule has 0 saturated heterocycles. The molecular formula is C13H12N4O. The molecule has 3 aromatic rings. The second kappa shape index (κ2) is 3.80. The smallest absolute Gasteiger partial charge is 0.262 e. The molecule has 18 heavy (non-hydrogen) atoms. The Bertz CT molecular complexity index is 785. The molecule has 0 aliphatic heterocycles. The Morgan fingerprint density at radius 2 is 2.06 bits per heavy atom. The van der Waals surface area contributed by atoms with Gasteiger partial charge in [0.2, 0.25) is 0 Å². The Balaban J connectivity index is 2.28. The van der Waals surface area contributed by atoms with Crippen LogP contribution in [0.25, 0.3) is 22.4 Å². The standard InChI is InChI=1S/C13H12N4O/c1-7-3-4-9(8(2)5-7)11-15-12-10(6-14-17-12)13(18)16-11/h3-6H,1-2H3,(H2,14,15,16,17,18). The predicted molar refractivity (Wildman–Crippen MR) is 69.4 cm³/mol. The topological polar surface area (TPSA) is 74.4 Å². The fourth-order valence-corrected chi connectivity index (χ4v) is 2.05. The summed E-state index contributed by atoms with van der Waals surface area (Å²) < 4.78 is 0. The van der Waals surface area contributed by atoms with Gasteiger partial charge < -0.3 is 4.98 Å². The van der Waals surface area contributed by atoms with Gasteiger partial charge >= 0.3 is 0 Å². The molecule has 0 amide bonds. The molecule has 0 spiro atoms. The highest BCUT2D eigenvalue weighted by Crippen LogP contribution is 2.20. The minimum atomic E-state index is -0.177. The first-order valence-corrected chi connectivity index (χ1v) is 5.66. The van der Waals surface area contributed by atoms with Crippen LogP contribution in [0.1, 0.15) is 11.1 Å². The summed E-state index contributed by atoms with van der Waals surface area (Å²) in [5, 5.41) is 7.02. The zero-order valence-corrected chi connectivity index (χ0v) is 10.1. The average molecular weight is 240 g/mol. The first kappa shape index (κ1) is 10.7. The van der Waals surface area contributed by atoms with E-state index >= 15 is 0 Å². The zero-order chi connectivity index (χ0) is 12.7. The first-order valence-electron chi connectivity index (χ1n) is 5.66. The third-order valence-electron chi connectivity index (χ3n) is 2.96. The SMILES string of the molecule is Cc1ccc(-c2nc3[nH]ncc3c(=O)[nH]2)c(C)c1. The van der Waals surface area contributed by atoms with Crippen molar-refractivity contribution in [3.63, 3.8) is 0 Å². The summed E-state index contributed by atoms with van der Waals surface area (Å²) >= 11 is 0. The van der Waals surface area contributed by atoms with Gasteiger partial charge in [-0.2, -0.15) is 5.10 Å². The molecule has 0 aliphatic carbocycles. The Labute approximate surface area is 103 Å². The van der Waals surface area contributed by atoms with Crippen LogP contribution in [0.15, 0.2) is 29.2 Å². The number of aryl methyl sites for hydroxylation is 2. The normalized spacial score (nSPS) is 11.0. The average Bonchev–Trinajstić information content (AvgIpc) is 2.77. The summed E-state index contributed by atoms with van der Waals surface area (Å²) in [4.78, 5) is 19.0. The molecule has 2 heterocycles. The number of aromatic nitrogens is 4. The van der Waals surface area contributed by atoms with Gasteiger partial charge in [-0.15, -0.1) is 0 Å². The number of aromatic amines is 2. The van der Waals surface area contributed by atoms with Crippen molar-refractivity contribution < 1.29 is 0 Å². The molecule has 1 aromatic carbocycles. The van der Waals surface area contributed by atoms with Crippen molar-refractivity contribution in [2.75, 3.05) is 0 Å². The summed E-state index contributed by atoms with van der Waals surface area (Å²) in [6.45, 7) is 4.03. The lowest BCUT2D eigenvalue weighted by molar-refractivity contribution is 1.09. The highest BCUT2D eigenvalue weighted by atomic mass is 16.1. The lowest BCUT2D eigenvalue weighted by Crippen LogP contribution is -2.09. The number of hydrogen-bond donors (Lipinski definition) is 2. The number of nitrogens with one attached hydrogen (secondary N) is 2. The lowest BCUT2D eigenvalue weighted by Gasteiger charge is -2.05. The molecule has 0 aliphatic rings. The third kappa shape index (κ3) is 1.60. The van der Waals surface area contributed by atoms with Gasteiger partial charge in [0.15, 0.2) is 5.65 Å². The van der Waals surface area contributed by atoms with Crippen LogP contribution in [0.4, 0.5) is 0 Å². The molecule has 0 bridgehead atoms. The van der Waals surface area contributed by atoms with E-state index in [-0.39, 0.29) is 5.56 Å². The third-order valence-corrected chi connectivity index (χ3v) is 2.96. The van der Waals surface area contributed by atoms with Crippen LogP contribution in [0.5, 0.6) is 0 Å². The maximum atomic E-state index is 11.9. The summed E-state index contributed by atoms with van der Waals surface area (Å²) in [6.07, 6.45) is 1.48. The molecule has 0 radical (unpaired) electrons. The second-order valence-electron chi connectivity index (χ2n) is 4.37. The van der Waals surface area contributed by atoms with E-state index in [1.54, 1.807) is 0 Å². The fraction of sp³-hybridized carbons (Fsp3) is 0.154. The summed E-state index contributed by atoms with van der Waals surface area (Å²) in [5.41, 5.74) is 3.52. The van der Waals surface area contributed by atoms with Crippen molar-refractivity contribution in [2.24, 2.45) is 0 Å². The number of fused-ring (bicyclic) bond motifs is 1. The van der Waals surface area contributed by atoms with Crippen LogP contribution in [0.2, 0.25) is 0 Å². The highest BCUT2D eigenvalue weighted by Gasteiger charge is 2.09. The maximum absolute atomic E-state index is 11.9. The minimum absolute atomic E-state index is 0.177. The van der Waals surface area contributed by atoms with Gasteiger partial charge in [-0.3, -0.25) is 9.89 Å². The van der Waals surface area contributed by atoms with Gasteiger partial charge in [-0.1, -0.05) is 23.8 Å². The van der Waals surface area contributed by atoms with Crippen molar-refractivity contribution in [2.45, 2.75) is 13.8 Å².